The van der Waals surface area contributed by atoms with Gasteiger partial charge in [-0.2, -0.15) is 18.3 Å². The zero-order valence-electron chi connectivity index (χ0n) is 22.7. The molecule has 0 radical (unpaired) electrons. The van der Waals surface area contributed by atoms with Crippen molar-refractivity contribution in [2.45, 2.75) is 64.7 Å². The quantitative estimate of drug-likeness (QED) is 0.271. The van der Waals surface area contributed by atoms with Crippen LogP contribution in [0.5, 0.6) is 0 Å². The number of ketones is 1. The average Bonchev–Trinajstić information content (AvgIpc) is 3.49. The fraction of sp³-hybridized carbons (Fsp3) is 0.379. The van der Waals surface area contributed by atoms with Crippen molar-refractivity contribution in [2.75, 3.05) is 6.54 Å². The molecule has 3 heterocycles. The van der Waals surface area contributed by atoms with Crippen LogP contribution in [0.25, 0.3) is 16.1 Å². The maximum absolute atomic E-state index is 13.7. The lowest BCUT2D eigenvalue weighted by atomic mass is 9.84. The molecule has 0 saturated heterocycles. The second kappa shape index (κ2) is 10.3. The first-order valence-electron chi connectivity index (χ1n) is 13.0. The van der Waals surface area contributed by atoms with E-state index in [4.69, 9.17) is 0 Å². The Morgan fingerprint density at radius 3 is 2.60 bits per heavy atom. The highest BCUT2D eigenvalue weighted by Crippen LogP contribution is 2.37. The van der Waals surface area contributed by atoms with Gasteiger partial charge < -0.3 is 10.2 Å². The van der Waals surface area contributed by atoms with Crippen LogP contribution in [0.3, 0.4) is 0 Å². The van der Waals surface area contributed by atoms with Gasteiger partial charge in [0.2, 0.25) is 4.96 Å². The van der Waals surface area contributed by atoms with Gasteiger partial charge in [-0.25, -0.2) is 14.3 Å². The van der Waals surface area contributed by atoms with Gasteiger partial charge >= 0.3 is 12.2 Å². The summed E-state index contributed by atoms with van der Waals surface area (Å²) in [5, 5.41) is 7.16. The molecule has 1 aliphatic rings. The summed E-state index contributed by atoms with van der Waals surface area (Å²) in [6.07, 6.45) is -2.05. The lowest BCUT2D eigenvalue weighted by molar-refractivity contribution is -0.137. The van der Waals surface area contributed by atoms with Gasteiger partial charge in [0, 0.05) is 36.5 Å². The first-order chi connectivity index (χ1) is 18.8. The second-order valence-corrected chi connectivity index (χ2v) is 12.0. The van der Waals surface area contributed by atoms with Crippen LogP contribution in [-0.4, -0.2) is 43.4 Å². The summed E-state index contributed by atoms with van der Waals surface area (Å²) in [4.78, 5) is 33.7. The molecular weight excluding hydrogens is 539 g/mol. The Morgan fingerprint density at radius 2 is 1.90 bits per heavy atom. The molecule has 1 N–H and O–H groups in total. The number of halogens is 3. The van der Waals surface area contributed by atoms with E-state index in [1.165, 1.54) is 17.4 Å². The third-order valence-corrected chi connectivity index (χ3v) is 7.67. The van der Waals surface area contributed by atoms with Crippen molar-refractivity contribution in [3.63, 3.8) is 0 Å². The molecule has 0 bridgehead atoms. The molecule has 1 unspecified atom stereocenters. The zero-order valence-corrected chi connectivity index (χ0v) is 23.5. The SMILES string of the molecule is CC(CC(=O)c1ccc(-c2cccc(C(F)(F)F)c2)c2c1CN(C(=O)NC(C)(C)C)CC2)c1cn2ncsc2n1. The van der Waals surface area contributed by atoms with Crippen molar-refractivity contribution in [3.05, 3.63) is 76.1 Å². The monoisotopic (exact) mass is 569 g/mol. The van der Waals surface area contributed by atoms with E-state index in [2.05, 4.69) is 15.4 Å². The second-order valence-electron chi connectivity index (χ2n) is 11.2. The molecular formula is C29H30F3N5O2S. The molecule has 2 amide bonds. The van der Waals surface area contributed by atoms with Crippen LogP contribution < -0.4 is 5.32 Å². The number of carbonyl (C=O) groups excluding carboxylic acids is 2. The summed E-state index contributed by atoms with van der Waals surface area (Å²) in [5.41, 5.74) is 4.29. The van der Waals surface area contributed by atoms with Crippen molar-refractivity contribution in [3.8, 4) is 11.1 Å². The van der Waals surface area contributed by atoms with Gasteiger partial charge in [0.05, 0.1) is 17.5 Å². The van der Waals surface area contributed by atoms with E-state index in [9.17, 15) is 22.8 Å². The lowest BCUT2D eigenvalue weighted by Crippen LogP contribution is -2.50. The summed E-state index contributed by atoms with van der Waals surface area (Å²) in [6.45, 7) is 8.16. The van der Waals surface area contributed by atoms with Crippen molar-refractivity contribution in [2.24, 2.45) is 0 Å². The Bertz CT molecular complexity index is 1560. The van der Waals surface area contributed by atoms with Crippen molar-refractivity contribution >= 4 is 28.1 Å². The number of hydrogen-bond donors (Lipinski definition) is 1. The largest absolute Gasteiger partial charge is 0.416 e. The number of imidazole rings is 1. The van der Waals surface area contributed by atoms with Crippen LogP contribution in [0.15, 0.2) is 48.1 Å². The Labute approximate surface area is 234 Å². The van der Waals surface area contributed by atoms with Gasteiger partial charge in [-0.3, -0.25) is 4.79 Å². The number of carbonyl (C=O) groups is 2. The van der Waals surface area contributed by atoms with Crippen LogP contribution in [0.4, 0.5) is 18.0 Å². The summed E-state index contributed by atoms with van der Waals surface area (Å²) in [7, 11) is 0. The van der Waals surface area contributed by atoms with Gasteiger partial charge in [-0.05, 0) is 61.6 Å². The topological polar surface area (TPSA) is 79.6 Å². The highest BCUT2D eigenvalue weighted by atomic mass is 32.1. The van der Waals surface area contributed by atoms with Crippen molar-refractivity contribution < 1.29 is 22.8 Å². The number of hydrogen-bond acceptors (Lipinski definition) is 5. The van der Waals surface area contributed by atoms with E-state index < -0.39 is 17.3 Å². The molecule has 40 heavy (non-hydrogen) atoms. The smallest absolute Gasteiger partial charge is 0.333 e. The molecule has 0 fully saturated rings. The maximum atomic E-state index is 13.7. The van der Waals surface area contributed by atoms with Gasteiger partial charge in [0.1, 0.15) is 5.51 Å². The van der Waals surface area contributed by atoms with Gasteiger partial charge in [-0.15, -0.1) is 0 Å². The lowest BCUT2D eigenvalue weighted by Gasteiger charge is -2.34. The Morgan fingerprint density at radius 1 is 1.12 bits per heavy atom. The third kappa shape index (κ3) is 5.74. The number of alkyl halides is 3. The standard InChI is InChI=1S/C29H30F3N5O2S/c1-17(24-15-37-27(34-24)40-16-33-37)12-25(38)22-9-8-20(18-6-5-7-19(13-18)29(30,31)32)21-10-11-36(14-23(21)22)26(39)35-28(2,3)4/h5-9,13,15-17H,10-12,14H2,1-4H3,(H,35,39). The minimum Gasteiger partial charge on any atom is -0.333 e. The normalized spacial score (nSPS) is 14.7. The summed E-state index contributed by atoms with van der Waals surface area (Å²) >= 11 is 1.41. The fourth-order valence-corrected chi connectivity index (χ4v) is 5.64. The Kier molecular flexibility index (Phi) is 7.20. The van der Waals surface area contributed by atoms with Gasteiger partial charge in [0.15, 0.2) is 5.78 Å². The van der Waals surface area contributed by atoms with E-state index in [1.54, 1.807) is 33.1 Å². The number of benzene rings is 2. The maximum Gasteiger partial charge on any atom is 0.416 e. The first kappa shape index (κ1) is 27.8. The molecule has 1 aliphatic heterocycles. The predicted octanol–water partition coefficient (Wildman–Crippen LogP) is 6.72. The molecule has 0 saturated carbocycles. The molecule has 0 spiro atoms. The molecule has 7 nitrogen and oxygen atoms in total. The van der Waals surface area contributed by atoms with Crippen LogP contribution in [0.2, 0.25) is 0 Å². The minimum absolute atomic E-state index is 0.110. The van der Waals surface area contributed by atoms with E-state index in [-0.39, 0.29) is 30.7 Å². The summed E-state index contributed by atoms with van der Waals surface area (Å²) in [6, 6.07) is 8.38. The molecule has 5 rings (SSSR count). The molecule has 1 atom stereocenters. The number of rotatable bonds is 5. The molecule has 210 valence electrons. The Hall–Kier alpha value is -3.73. The molecule has 2 aromatic heterocycles. The molecule has 0 aliphatic carbocycles. The van der Waals surface area contributed by atoms with Gasteiger partial charge in [-0.1, -0.05) is 42.5 Å². The summed E-state index contributed by atoms with van der Waals surface area (Å²) in [5.74, 6) is -0.286. The number of urea groups is 1. The van der Waals surface area contributed by atoms with Gasteiger partial charge in [0.25, 0.3) is 0 Å². The molecule has 2 aromatic carbocycles. The molecule has 11 heteroatoms. The first-order valence-corrected chi connectivity index (χ1v) is 13.9. The summed E-state index contributed by atoms with van der Waals surface area (Å²) < 4.78 is 42.1. The van der Waals surface area contributed by atoms with E-state index in [0.717, 1.165) is 28.4 Å². The van der Waals surface area contributed by atoms with E-state index >= 15 is 0 Å². The predicted molar refractivity (Wildman–Crippen MR) is 148 cm³/mol. The highest BCUT2D eigenvalue weighted by molar-refractivity contribution is 7.14. The van der Waals surface area contributed by atoms with Crippen LogP contribution in [-0.2, 0) is 19.1 Å². The number of Topliss-reactive ketones (excluding diaryl/α,β-unsaturated/α-hetero) is 1. The Balaban J connectivity index is 1.51. The van der Waals surface area contributed by atoms with Crippen molar-refractivity contribution in [1.82, 2.24) is 24.8 Å². The van der Waals surface area contributed by atoms with Crippen molar-refractivity contribution in [1.29, 1.82) is 0 Å². The zero-order chi connectivity index (χ0) is 28.8. The number of nitrogens with zero attached hydrogens (tertiary/aromatic N) is 4. The van der Waals surface area contributed by atoms with Crippen LogP contribution in [0.1, 0.15) is 72.8 Å². The highest BCUT2D eigenvalue weighted by Gasteiger charge is 2.32. The minimum atomic E-state index is -4.47. The van der Waals surface area contributed by atoms with Crippen LogP contribution >= 0.6 is 11.3 Å². The third-order valence-electron chi connectivity index (χ3n) is 6.98. The van der Waals surface area contributed by atoms with E-state index in [1.807, 2.05) is 33.9 Å². The van der Waals surface area contributed by atoms with Crippen LogP contribution in [0, 0.1) is 0 Å². The number of nitrogens with one attached hydrogen (secondary N) is 1. The van der Waals surface area contributed by atoms with E-state index in [0.29, 0.717) is 35.2 Å². The molecule has 4 aromatic rings. The average molecular weight is 570 g/mol. The number of aromatic nitrogens is 3. The number of fused-ring (bicyclic) bond motifs is 2. The number of amides is 2. The fourth-order valence-electron chi connectivity index (χ4n) is 5.03.